The van der Waals surface area contributed by atoms with Crippen LogP contribution in [0.5, 0.6) is 11.5 Å². The van der Waals surface area contributed by atoms with Crippen LogP contribution in [0.2, 0.25) is 0 Å². The molecule has 1 aliphatic carbocycles. The van der Waals surface area contributed by atoms with Crippen LogP contribution in [-0.2, 0) is 0 Å². The van der Waals surface area contributed by atoms with Gasteiger partial charge in [0.15, 0.2) is 11.5 Å². The normalized spacial score (nSPS) is 23.1. The van der Waals surface area contributed by atoms with E-state index in [0.717, 1.165) is 29.9 Å². The molecule has 1 heterocycles. The summed E-state index contributed by atoms with van der Waals surface area (Å²) in [6.45, 7) is 1.23. The molecule has 0 amide bonds. The predicted octanol–water partition coefficient (Wildman–Crippen LogP) is 2.00. The summed E-state index contributed by atoms with van der Waals surface area (Å²) < 4.78 is 11.0. The summed E-state index contributed by atoms with van der Waals surface area (Å²) in [5.41, 5.74) is 2.32. The van der Waals surface area contributed by atoms with Gasteiger partial charge in [0.2, 0.25) is 0 Å². The summed E-state index contributed by atoms with van der Waals surface area (Å²) in [6.07, 6.45) is 3.39. The molecule has 0 bridgehead atoms. The van der Waals surface area contributed by atoms with E-state index in [1.54, 1.807) is 0 Å². The van der Waals surface area contributed by atoms with Crippen molar-refractivity contribution in [2.24, 2.45) is 0 Å². The third-order valence-corrected chi connectivity index (χ3v) is 3.02. The Morgan fingerprint density at radius 2 is 1.94 bits per heavy atom. The minimum atomic E-state index is -0.289. The van der Waals surface area contributed by atoms with Crippen molar-refractivity contribution in [2.45, 2.75) is 18.9 Å². The van der Waals surface area contributed by atoms with E-state index in [1.165, 1.54) is 5.57 Å². The maximum absolute atomic E-state index is 9.47. The largest absolute Gasteiger partial charge is 0.486 e. The Hall–Kier alpha value is -1.48. The highest BCUT2D eigenvalue weighted by Crippen LogP contribution is 2.35. The molecule has 2 aliphatic rings. The lowest BCUT2D eigenvalue weighted by atomic mass is 10.0. The van der Waals surface area contributed by atoms with Gasteiger partial charge in [-0.1, -0.05) is 12.1 Å². The molecule has 0 radical (unpaired) electrons. The van der Waals surface area contributed by atoms with Crippen LogP contribution >= 0.6 is 0 Å². The van der Waals surface area contributed by atoms with E-state index in [1.807, 2.05) is 24.3 Å². The molecular weight excluding hydrogens is 204 g/mol. The number of allylic oxidation sites excluding steroid dienone is 1. The van der Waals surface area contributed by atoms with E-state index in [-0.39, 0.29) is 6.10 Å². The Morgan fingerprint density at radius 1 is 1.12 bits per heavy atom. The first-order chi connectivity index (χ1) is 7.83. The first-order valence-corrected chi connectivity index (χ1v) is 5.62. The third kappa shape index (κ3) is 1.67. The van der Waals surface area contributed by atoms with Crippen molar-refractivity contribution in [3.05, 3.63) is 29.8 Å². The quantitative estimate of drug-likeness (QED) is 0.783. The molecule has 16 heavy (non-hydrogen) atoms. The van der Waals surface area contributed by atoms with Gasteiger partial charge in [-0.05, 0) is 36.1 Å². The highest BCUT2D eigenvalue weighted by molar-refractivity contribution is 5.70. The summed E-state index contributed by atoms with van der Waals surface area (Å²) in [5.74, 6) is 1.63. The molecule has 3 rings (SSSR count). The Balaban J connectivity index is 1.94. The van der Waals surface area contributed by atoms with Crippen molar-refractivity contribution >= 4 is 5.57 Å². The number of hydrogen-bond donors (Lipinski definition) is 1. The average Bonchev–Trinajstić information content (AvgIpc) is 2.75. The minimum absolute atomic E-state index is 0.289. The molecule has 1 unspecified atom stereocenters. The lowest BCUT2D eigenvalue weighted by Crippen LogP contribution is -2.15. The first-order valence-electron chi connectivity index (χ1n) is 5.62. The van der Waals surface area contributed by atoms with Crippen molar-refractivity contribution in [1.29, 1.82) is 0 Å². The lowest BCUT2D eigenvalue weighted by Gasteiger charge is -2.19. The molecule has 1 atom stereocenters. The van der Waals surface area contributed by atoms with Crippen molar-refractivity contribution in [3.63, 3.8) is 0 Å². The summed E-state index contributed by atoms with van der Waals surface area (Å²) in [4.78, 5) is 0. The van der Waals surface area contributed by atoms with E-state index in [0.29, 0.717) is 13.2 Å². The van der Waals surface area contributed by atoms with Crippen LogP contribution < -0.4 is 9.47 Å². The van der Waals surface area contributed by atoms with Crippen LogP contribution in [0.25, 0.3) is 5.57 Å². The number of fused-ring (bicyclic) bond motifs is 1. The van der Waals surface area contributed by atoms with Gasteiger partial charge in [-0.2, -0.15) is 0 Å². The summed E-state index contributed by atoms with van der Waals surface area (Å²) >= 11 is 0. The highest BCUT2D eigenvalue weighted by atomic mass is 16.6. The number of benzene rings is 1. The van der Waals surface area contributed by atoms with Crippen LogP contribution in [0.3, 0.4) is 0 Å². The van der Waals surface area contributed by atoms with Crippen molar-refractivity contribution in [3.8, 4) is 11.5 Å². The van der Waals surface area contributed by atoms with Gasteiger partial charge in [0, 0.05) is 0 Å². The predicted molar refractivity (Wildman–Crippen MR) is 60.6 cm³/mol. The van der Waals surface area contributed by atoms with Crippen LogP contribution in [0.15, 0.2) is 24.3 Å². The van der Waals surface area contributed by atoms with E-state index >= 15 is 0 Å². The molecule has 0 saturated heterocycles. The number of hydrogen-bond acceptors (Lipinski definition) is 3. The average molecular weight is 218 g/mol. The molecular formula is C13H14O3. The van der Waals surface area contributed by atoms with E-state index in [9.17, 15) is 5.11 Å². The molecule has 3 heteroatoms. The van der Waals surface area contributed by atoms with Crippen LogP contribution in [0.1, 0.15) is 18.4 Å². The molecule has 84 valence electrons. The van der Waals surface area contributed by atoms with Gasteiger partial charge in [-0.25, -0.2) is 0 Å². The molecule has 0 aromatic heterocycles. The number of aliphatic hydroxyl groups is 1. The molecule has 0 spiro atoms. The van der Waals surface area contributed by atoms with E-state index in [4.69, 9.17) is 9.47 Å². The Labute approximate surface area is 94.3 Å². The minimum Gasteiger partial charge on any atom is -0.486 e. The molecule has 3 nitrogen and oxygen atoms in total. The monoisotopic (exact) mass is 218 g/mol. The Morgan fingerprint density at radius 3 is 2.69 bits per heavy atom. The van der Waals surface area contributed by atoms with Crippen LogP contribution in [0, 0.1) is 0 Å². The number of ether oxygens (including phenoxy) is 2. The van der Waals surface area contributed by atoms with E-state index in [2.05, 4.69) is 0 Å². The van der Waals surface area contributed by atoms with Crippen molar-refractivity contribution in [1.82, 2.24) is 0 Å². The number of aliphatic hydroxyl groups excluding tert-OH is 1. The van der Waals surface area contributed by atoms with Crippen molar-refractivity contribution in [2.75, 3.05) is 13.2 Å². The van der Waals surface area contributed by atoms with Gasteiger partial charge in [0.05, 0.1) is 6.10 Å². The van der Waals surface area contributed by atoms with Gasteiger partial charge in [-0.3, -0.25) is 0 Å². The lowest BCUT2D eigenvalue weighted by molar-refractivity contribution is 0.171. The standard InChI is InChI=1S/C13H14O3/c14-11-3-1-9(7-11)10-2-4-12-13(8-10)16-6-5-15-12/h2,4,7-8,11,14H,1,3,5-6H2. The van der Waals surface area contributed by atoms with Crippen molar-refractivity contribution < 1.29 is 14.6 Å². The fourth-order valence-corrected chi connectivity index (χ4v) is 2.19. The van der Waals surface area contributed by atoms with Gasteiger partial charge in [-0.15, -0.1) is 0 Å². The van der Waals surface area contributed by atoms with Gasteiger partial charge >= 0.3 is 0 Å². The van der Waals surface area contributed by atoms with Gasteiger partial charge < -0.3 is 14.6 Å². The summed E-state index contributed by atoms with van der Waals surface area (Å²) in [6, 6.07) is 5.96. The zero-order valence-corrected chi connectivity index (χ0v) is 8.98. The second kappa shape index (κ2) is 3.83. The molecule has 1 aliphatic heterocycles. The van der Waals surface area contributed by atoms with Crippen LogP contribution in [0.4, 0.5) is 0 Å². The maximum atomic E-state index is 9.47. The first kappa shape index (κ1) is 9.73. The smallest absolute Gasteiger partial charge is 0.161 e. The zero-order valence-electron chi connectivity index (χ0n) is 8.98. The molecule has 0 saturated carbocycles. The number of rotatable bonds is 1. The summed E-state index contributed by atoms with van der Waals surface area (Å²) in [7, 11) is 0. The molecule has 1 aromatic carbocycles. The highest BCUT2D eigenvalue weighted by Gasteiger charge is 2.17. The van der Waals surface area contributed by atoms with Gasteiger partial charge in [0.25, 0.3) is 0 Å². The van der Waals surface area contributed by atoms with Gasteiger partial charge in [0.1, 0.15) is 13.2 Å². The fraction of sp³-hybridized carbons (Fsp3) is 0.385. The zero-order chi connectivity index (χ0) is 11.0. The third-order valence-electron chi connectivity index (χ3n) is 3.02. The molecule has 1 aromatic rings. The summed E-state index contributed by atoms with van der Waals surface area (Å²) in [5, 5.41) is 9.47. The topological polar surface area (TPSA) is 38.7 Å². The van der Waals surface area contributed by atoms with E-state index < -0.39 is 0 Å². The Bertz CT molecular complexity index is 437. The second-order valence-electron chi connectivity index (χ2n) is 4.16. The molecule has 1 N–H and O–H groups in total. The maximum Gasteiger partial charge on any atom is 0.161 e. The molecule has 0 fully saturated rings. The Kier molecular flexibility index (Phi) is 2.33. The van der Waals surface area contributed by atoms with Crippen LogP contribution in [-0.4, -0.2) is 24.4 Å². The second-order valence-corrected chi connectivity index (χ2v) is 4.16. The SMILES string of the molecule is OC1C=C(c2ccc3c(c2)OCCO3)CC1. The fourth-order valence-electron chi connectivity index (χ4n) is 2.19.